The van der Waals surface area contributed by atoms with Crippen LogP contribution in [0, 0.1) is 17.8 Å². The summed E-state index contributed by atoms with van der Waals surface area (Å²) in [5, 5.41) is 12.9. The van der Waals surface area contributed by atoms with Crippen molar-refractivity contribution in [2.24, 2.45) is 17.8 Å². The van der Waals surface area contributed by atoms with Crippen LogP contribution in [0.5, 0.6) is 0 Å². The Kier molecular flexibility index (Phi) is 5.04. The second kappa shape index (κ2) is 6.55. The van der Waals surface area contributed by atoms with Gasteiger partial charge in [0.2, 0.25) is 0 Å². The third-order valence-electron chi connectivity index (χ3n) is 5.04. The van der Waals surface area contributed by atoms with Crippen molar-refractivity contribution in [1.29, 1.82) is 0 Å². The fourth-order valence-corrected chi connectivity index (χ4v) is 3.74. The number of carboxylic acid groups (broad SMARTS) is 1. The second-order valence-corrected chi connectivity index (χ2v) is 6.23. The minimum absolute atomic E-state index is 0.109. The van der Waals surface area contributed by atoms with E-state index in [2.05, 4.69) is 12.2 Å². The van der Waals surface area contributed by atoms with Gasteiger partial charge in [0.15, 0.2) is 0 Å². The Hall–Kier alpha value is -0.570. The number of hydrogen-bond acceptors (Lipinski definition) is 2. The molecule has 0 aromatic carbocycles. The molecular formula is C15H27NO2. The molecule has 18 heavy (non-hydrogen) atoms. The van der Waals surface area contributed by atoms with Gasteiger partial charge >= 0.3 is 5.97 Å². The lowest BCUT2D eigenvalue weighted by molar-refractivity contribution is -0.144. The van der Waals surface area contributed by atoms with Gasteiger partial charge in [-0.05, 0) is 51.0 Å². The van der Waals surface area contributed by atoms with Crippen molar-refractivity contribution in [3.8, 4) is 0 Å². The van der Waals surface area contributed by atoms with Gasteiger partial charge in [0.05, 0.1) is 5.92 Å². The molecule has 2 aliphatic rings. The second-order valence-electron chi connectivity index (χ2n) is 6.23. The largest absolute Gasteiger partial charge is 0.481 e. The SMILES string of the molecule is CC(NCC1CCCCC1C(=O)O)C1CCCC1. The van der Waals surface area contributed by atoms with Crippen LogP contribution < -0.4 is 5.32 Å². The van der Waals surface area contributed by atoms with Crippen LogP contribution in [-0.4, -0.2) is 23.7 Å². The molecule has 3 heteroatoms. The van der Waals surface area contributed by atoms with E-state index in [-0.39, 0.29) is 5.92 Å². The zero-order valence-corrected chi connectivity index (χ0v) is 11.5. The molecule has 2 aliphatic carbocycles. The highest BCUT2D eigenvalue weighted by atomic mass is 16.4. The summed E-state index contributed by atoms with van der Waals surface area (Å²) >= 11 is 0. The fraction of sp³-hybridized carbons (Fsp3) is 0.933. The van der Waals surface area contributed by atoms with Crippen LogP contribution in [0.3, 0.4) is 0 Å². The molecule has 3 unspecified atom stereocenters. The average molecular weight is 253 g/mol. The topological polar surface area (TPSA) is 49.3 Å². The number of carbonyl (C=O) groups is 1. The Labute approximate surface area is 110 Å². The molecule has 2 fully saturated rings. The summed E-state index contributed by atoms with van der Waals surface area (Å²) in [5.74, 6) is 0.467. The van der Waals surface area contributed by atoms with Crippen LogP contribution in [0.15, 0.2) is 0 Å². The monoisotopic (exact) mass is 253 g/mol. The van der Waals surface area contributed by atoms with Gasteiger partial charge in [-0.25, -0.2) is 0 Å². The maximum atomic E-state index is 11.2. The molecule has 0 amide bonds. The van der Waals surface area contributed by atoms with E-state index in [0.717, 1.165) is 31.7 Å². The molecule has 2 N–H and O–H groups in total. The number of carboxylic acids is 1. The van der Waals surface area contributed by atoms with E-state index >= 15 is 0 Å². The van der Waals surface area contributed by atoms with Crippen molar-refractivity contribution in [1.82, 2.24) is 5.32 Å². The van der Waals surface area contributed by atoms with Crippen LogP contribution in [0.1, 0.15) is 58.3 Å². The van der Waals surface area contributed by atoms with E-state index in [1.807, 2.05) is 0 Å². The molecule has 0 bridgehead atoms. The van der Waals surface area contributed by atoms with Crippen LogP contribution >= 0.6 is 0 Å². The minimum atomic E-state index is -0.588. The first kappa shape index (κ1) is 13.9. The van der Waals surface area contributed by atoms with Gasteiger partial charge in [-0.3, -0.25) is 4.79 Å². The van der Waals surface area contributed by atoms with Gasteiger partial charge in [0.1, 0.15) is 0 Å². The first-order valence-corrected chi connectivity index (χ1v) is 7.64. The molecule has 3 nitrogen and oxygen atoms in total. The molecule has 104 valence electrons. The quantitative estimate of drug-likeness (QED) is 0.791. The minimum Gasteiger partial charge on any atom is -0.481 e. The highest BCUT2D eigenvalue weighted by Gasteiger charge is 2.31. The highest BCUT2D eigenvalue weighted by Crippen LogP contribution is 2.31. The van der Waals surface area contributed by atoms with Crippen molar-refractivity contribution in [2.45, 2.75) is 64.3 Å². The van der Waals surface area contributed by atoms with Gasteiger partial charge in [0, 0.05) is 6.04 Å². The summed E-state index contributed by atoms with van der Waals surface area (Å²) in [6.45, 7) is 3.17. The Morgan fingerprint density at radius 2 is 1.78 bits per heavy atom. The molecule has 0 aliphatic heterocycles. The number of nitrogens with one attached hydrogen (secondary N) is 1. The lowest BCUT2D eigenvalue weighted by atomic mass is 9.79. The van der Waals surface area contributed by atoms with Gasteiger partial charge in [-0.1, -0.05) is 25.7 Å². The number of aliphatic carboxylic acids is 1. The maximum absolute atomic E-state index is 11.2. The molecule has 2 rings (SSSR count). The standard InChI is InChI=1S/C15H27NO2/c1-11(12-6-2-3-7-12)16-10-13-8-4-5-9-14(13)15(17)18/h11-14,16H,2-10H2,1H3,(H,17,18). The molecule has 0 spiro atoms. The normalized spacial score (nSPS) is 31.4. The van der Waals surface area contributed by atoms with E-state index in [0.29, 0.717) is 12.0 Å². The van der Waals surface area contributed by atoms with Crippen molar-refractivity contribution in [3.63, 3.8) is 0 Å². The van der Waals surface area contributed by atoms with Crippen LogP contribution in [-0.2, 0) is 4.79 Å². The van der Waals surface area contributed by atoms with Gasteiger partial charge in [0.25, 0.3) is 0 Å². The summed E-state index contributed by atoms with van der Waals surface area (Å²) in [6.07, 6.45) is 9.69. The predicted molar refractivity (Wildman–Crippen MR) is 72.5 cm³/mol. The van der Waals surface area contributed by atoms with E-state index in [4.69, 9.17) is 0 Å². The summed E-state index contributed by atoms with van der Waals surface area (Å²) in [6, 6.07) is 0.559. The van der Waals surface area contributed by atoms with Crippen molar-refractivity contribution in [2.75, 3.05) is 6.54 Å². The molecule has 0 aromatic rings. The summed E-state index contributed by atoms with van der Waals surface area (Å²) in [7, 11) is 0. The molecule has 0 saturated heterocycles. The smallest absolute Gasteiger partial charge is 0.306 e. The van der Waals surface area contributed by atoms with E-state index < -0.39 is 5.97 Å². The number of rotatable bonds is 5. The zero-order chi connectivity index (χ0) is 13.0. The van der Waals surface area contributed by atoms with Crippen molar-refractivity contribution in [3.05, 3.63) is 0 Å². The van der Waals surface area contributed by atoms with Crippen LogP contribution in [0.4, 0.5) is 0 Å². The first-order valence-electron chi connectivity index (χ1n) is 7.64. The molecule has 0 aromatic heterocycles. The third-order valence-corrected chi connectivity index (χ3v) is 5.04. The van der Waals surface area contributed by atoms with E-state index in [1.54, 1.807) is 0 Å². The van der Waals surface area contributed by atoms with Crippen LogP contribution in [0.2, 0.25) is 0 Å². The Morgan fingerprint density at radius 3 is 2.44 bits per heavy atom. The fourth-order valence-electron chi connectivity index (χ4n) is 3.74. The average Bonchev–Trinajstić information content (AvgIpc) is 2.90. The molecule has 0 heterocycles. The molecule has 0 radical (unpaired) electrons. The molecular weight excluding hydrogens is 226 g/mol. The molecule has 3 atom stereocenters. The lowest BCUT2D eigenvalue weighted by Crippen LogP contribution is -2.40. The first-order chi connectivity index (χ1) is 8.68. The lowest BCUT2D eigenvalue weighted by Gasteiger charge is -2.31. The number of hydrogen-bond donors (Lipinski definition) is 2. The Balaban J connectivity index is 1.78. The predicted octanol–water partition coefficient (Wildman–Crippen LogP) is 3.05. The summed E-state index contributed by atoms with van der Waals surface area (Å²) in [4.78, 5) is 11.2. The van der Waals surface area contributed by atoms with Crippen molar-refractivity contribution < 1.29 is 9.90 Å². The van der Waals surface area contributed by atoms with Gasteiger partial charge in [-0.15, -0.1) is 0 Å². The third kappa shape index (κ3) is 3.47. The maximum Gasteiger partial charge on any atom is 0.306 e. The van der Waals surface area contributed by atoms with E-state index in [1.165, 1.54) is 32.1 Å². The Morgan fingerprint density at radius 1 is 1.17 bits per heavy atom. The summed E-state index contributed by atoms with van der Waals surface area (Å²) in [5.41, 5.74) is 0. The van der Waals surface area contributed by atoms with Gasteiger partial charge < -0.3 is 10.4 Å². The van der Waals surface area contributed by atoms with Crippen LogP contribution in [0.25, 0.3) is 0 Å². The summed E-state index contributed by atoms with van der Waals surface area (Å²) < 4.78 is 0. The Bertz CT molecular complexity index is 274. The zero-order valence-electron chi connectivity index (χ0n) is 11.5. The highest BCUT2D eigenvalue weighted by molar-refractivity contribution is 5.70. The van der Waals surface area contributed by atoms with E-state index in [9.17, 15) is 9.90 Å². The molecule has 2 saturated carbocycles. The van der Waals surface area contributed by atoms with Crippen molar-refractivity contribution >= 4 is 5.97 Å². The van der Waals surface area contributed by atoms with Gasteiger partial charge in [-0.2, -0.15) is 0 Å².